The molecule has 0 atom stereocenters. The molecule has 142 valence electrons. The van der Waals surface area contributed by atoms with Crippen molar-refractivity contribution < 1.29 is 9.32 Å². The average molecular weight is 391 g/mol. The molecule has 5 rings (SSSR count). The van der Waals surface area contributed by atoms with Crippen LogP contribution in [0, 0.1) is 0 Å². The molecule has 0 saturated carbocycles. The summed E-state index contributed by atoms with van der Waals surface area (Å²) in [6, 6.07) is 16.7. The minimum Gasteiger partial charge on any atom is -0.355 e. The number of hydrogen-bond acceptors (Lipinski definition) is 5. The summed E-state index contributed by atoms with van der Waals surface area (Å²) in [6.45, 7) is 3.41. The summed E-state index contributed by atoms with van der Waals surface area (Å²) >= 11 is 1.72. The van der Waals surface area contributed by atoms with Gasteiger partial charge in [0.2, 0.25) is 0 Å². The molecule has 1 amide bonds. The fourth-order valence-electron chi connectivity index (χ4n) is 3.92. The Morgan fingerprint density at radius 1 is 1.14 bits per heavy atom. The lowest BCUT2D eigenvalue weighted by atomic mass is 10.00. The van der Waals surface area contributed by atoms with E-state index in [9.17, 15) is 4.79 Å². The van der Waals surface area contributed by atoms with Gasteiger partial charge in [0, 0.05) is 48.0 Å². The molecule has 6 heteroatoms. The average Bonchev–Trinajstić information content (AvgIpc) is 3.18. The Morgan fingerprint density at radius 3 is 2.89 bits per heavy atom. The predicted molar refractivity (Wildman–Crippen MR) is 109 cm³/mol. The summed E-state index contributed by atoms with van der Waals surface area (Å²) in [5.41, 5.74) is 5.16. The first kappa shape index (κ1) is 17.5. The van der Waals surface area contributed by atoms with Gasteiger partial charge in [-0.2, -0.15) is 0 Å². The number of nitrogens with one attached hydrogen (secondary N) is 1. The van der Waals surface area contributed by atoms with Crippen LogP contribution < -0.4 is 5.32 Å². The van der Waals surface area contributed by atoms with E-state index in [0.717, 1.165) is 42.9 Å². The van der Waals surface area contributed by atoms with E-state index in [1.54, 1.807) is 11.8 Å². The van der Waals surface area contributed by atoms with Crippen molar-refractivity contribution in [3.05, 3.63) is 70.9 Å². The number of thioether (sulfide) groups is 1. The Morgan fingerprint density at radius 2 is 1.96 bits per heavy atom. The second-order valence-electron chi connectivity index (χ2n) is 7.17. The smallest absolute Gasteiger partial charge is 0.273 e. The SMILES string of the molecule is O=C(NCCN1CCc2ccccc2C1)c1noc2c1CSc1ccccc1-2. The molecule has 0 spiro atoms. The molecule has 0 aliphatic carbocycles. The van der Waals surface area contributed by atoms with Crippen LogP contribution in [0.5, 0.6) is 0 Å². The molecular weight excluding hydrogens is 370 g/mol. The number of nitrogens with zero attached hydrogens (tertiary/aromatic N) is 2. The Bertz CT molecular complexity index is 1030. The van der Waals surface area contributed by atoms with E-state index < -0.39 is 0 Å². The summed E-state index contributed by atoms with van der Waals surface area (Å²) in [5, 5.41) is 7.10. The highest BCUT2D eigenvalue weighted by Crippen LogP contribution is 2.42. The molecule has 1 N–H and O–H groups in total. The van der Waals surface area contributed by atoms with Crippen LogP contribution in [0.4, 0.5) is 0 Å². The summed E-state index contributed by atoms with van der Waals surface area (Å²) in [6.07, 6.45) is 1.07. The molecule has 28 heavy (non-hydrogen) atoms. The molecule has 2 aromatic carbocycles. The van der Waals surface area contributed by atoms with E-state index in [-0.39, 0.29) is 5.91 Å². The van der Waals surface area contributed by atoms with Gasteiger partial charge in [-0.1, -0.05) is 41.6 Å². The van der Waals surface area contributed by atoms with Crippen molar-refractivity contribution in [3.8, 4) is 11.3 Å². The lowest BCUT2D eigenvalue weighted by molar-refractivity contribution is 0.0937. The van der Waals surface area contributed by atoms with Gasteiger partial charge in [-0.05, 0) is 29.7 Å². The second kappa shape index (κ2) is 7.45. The molecule has 3 aromatic rings. The minimum absolute atomic E-state index is 0.151. The summed E-state index contributed by atoms with van der Waals surface area (Å²) < 4.78 is 5.54. The lowest BCUT2D eigenvalue weighted by Gasteiger charge is -2.28. The number of hydrogen-bond donors (Lipinski definition) is 1. The summed E-state index contributed by atoms with van der Waals surface area (Å²) in [4.78, 5) is 16.2. The molecule has 0 unspecified atom stereocenters. The van der Waals surface area contributed by atoms with Crippen LogP contribution in [-0.2, 0) is 18.7 Å². The molecule has 0 saturated heterocycles. The van der Waals surface area contributed by atoms with Crippen molar-refractivity contribution in [2.45, 2.75) is 23.6 Å². The number of aromatic nitrogens is 1. The standard InChI is InChI=1S/C22H21N3O2S/c26-22(23-10-12-25-11-9-15-5-1-2-6-16(15)13-25)20-18-14-28-19-8-4-3-7-17(19)21(18)27-24-20/h1-8H,9-14H2,(H,23,26). The summed E-state index contributed by atoms with van der Waals surface area (Å²) in [5.74, 6) is 1.29. The van der Waals surface area contributed by atoms with Crippen LogP contribution in [-0.4, -0.2) is 35.6 Å². The van der Waals surface area contributed by atoms with Gasteiger partial charge in [-0.25, -0.2) is 0 Å². The highest BCUT2D eigenvalue weighted by atomic mass is 32.2. The fraction of sp³-hybridized carbons (Fsp3) is 0.273. The predicted octanol–water partition coefficient (Wildman–Crippen LogP) is 3.74. The largest absolute Gasteiger partial charge is 0.355 e. The van der Waals surface area contributed by atoms with Crippen LogP contribution in [0.3, 0.4) is 0 Å². The molecule has 2 aliphatic rings. The Hall–Kier alpha value is -2.57. The lowest BCUT2D eigenvalue weighted by Crippen LogP contribution is -2.38. The van der Waals surface area contributed by atoms with Gasteiger partial charge in [0.1, 0.15) is 0 Å². The van der Waals surface area contributed by atoms with Crippen molar-refractivity contribution >= 4 is 17.7 Å². The highest BCUT2D eigenvalue weighted by Gasteiger charge is 2.27. The van der Waals surface area contributed by atoms with E-state index >= 15 is 0 Å². The van der Waals surface area contributed by atoms with Crippen LogP contribution in [0.15, 0.2) is 57.9 Å². The zero-order valence-corrected chi connectivity index (χ0v) is 16.3. The zero-order chi connectivity index (χ0) is 18.9. The van der Waals surface area contributed by atoms with Crippen LogP contribution in [0.25, 0.3) is 11.3 Å². The minimum atomic E-state index is -0.151. The summed E-state index contributed by atoms with van der Waals surface area (Å²) in [7, 11) is 0. The van der Waals surface area contributed by atoms with E-state index in [0.29, 0.717) is 18.0 Å². The normalized spacial score (nSPS) is 15.4. The van der Waals surface area contributed by atoms with Crippen molar-refractivity contribution in [2.24, 2.45) is 0 Å². The number of rotatable bonds is 4. The van der Waals surface area contributed by atoms with Crippen molar-refractivity contribution in [1.29, 1.82) is 0 Å². The number of benzene rings is 2. The Balaban J connectivity index is 1.22. The van der Waals surface area contributed by atoms with Crippen molar-refractivity contribution in [3.63, 3.8) is 0 Å². The molecule has 3 heterocycles. The quantitative estimate of drug-likeness (QED) is 0.734. The van der Waals surface area contributed by atoms with Gasteiger partial charge < -0.3 is 9.84 Å². The van der Waals surface area contributed by atoms with Gasteiger partial charge >= 0.3 is 0 Å². The zero-order valence-electron chi connectivity index (χ0n) is 15.5. The third-order valence-corrected chi connectivity index (χ3v) is 6.53. The van der Waals surface area contributed by atoms with E-state index in [1.807, 2.05) is 18.2 Å². The molecule has 1 aromatic heterocycles. The maximum atomic E-state index is 12.7. The highest BCUT2D eigenvalue weighted by molar-refractivity contribution is 7.98. The number of fused-ring (bicyclic) bond motifs is 4. The molecule has 0 fully saturated rings. The first-order valence-corrected chi connectivity index (χ1v) is 10.6. The number of carbonyl (C=O) groups excluding carboxylic acids is 1. The molecule has 2 aliphatic heterocycles. The maximum Gasteiger partial charge on any atom is 0.273 e. The number of carbonyl (C=O) groups is 1. The van der Waals surface area contributed by atoms with Crippen molar-refractivity contribution in [2.75, 3.05) is 19.6 Å². The first-order chi connectivity index (χ1) is 13.8. The van der Waals surface area contributed by atoms with Gasteiger partial charge in [0.25, 0.3) is 5.91 Å². The van der Waals surface area contributed by atoms with Crippen LogP contribution in [0.2, 0.25) is 0 Å². The monoisotopic (exact) mass is 391 g/mol. The van der Waals surface area contributed by atoms with E-state index in [1.165, 1.54) is 16.0 Å². The van der Waals surface area contributed by atoms with Crippen LogP contribution in [0.1, 0.15) is 27.2 Å². The second-order valence-corrected chi connectivity index (χ2v) is 8.19. The Labute approximate surface area is 168 Å². The van der Waals surface area contributed by atoms with E-state index in [4.69, 9.17) is 4.52 Å². The molecular formula is C22H21N3O2S. The third-order valence-electron chi connectivity index (χ3n) is 5.43. The fourth-order valence-corrected chi connectivity index (χ4v) is 4.98. The topological polar surface area (TPSA) is 58.4 Å². The van der Waals surface area contributed by atoms with Crippen LogP contribution >= 0.6 is 11.8 Å². The van der Waals surface area contributed by atoms with Crippen molar-refractivity contribution in [1.82, 2.24) is 15.4 Å². The third kappa shape index (κ3) is 3.23. The Kier molecular flexibility index (Phi) is 4.66. The van der Waals surface area contributed by atoms with Gasteiger partial charge in [0.05, 0.1) is 0 Å². The van der Waals surface area contributed by atoms with E-state index in [2.05, 4.69) is 45.7 Å². The molecule has 5 nitrogen and oxygen atoms in total. The maximum absolute atomic E-state index is 12.7. The molecule has 0 bridgehead atoms. The number of amides is 1. The van der Waals surface area contributed by atoms with Gasteiger partial charge in [0.15, 0.2) is 11.5 Å². The first-order valence-electron chi connectivity index (χ1n) is 9.57. The van der Waals surface area contributed by atoms with Gasteiger partial charge in [-0.3, -0.25) is 9.69 Å². The van der Waals surface area contributed by atoms with Gasteiger partial charge in [-0.15, -0.1) is 11.8 Å². The molecule has 0 radical (unpaired) electrons.